The second-order valence-corrected chi connectivity index (χ2v) is 8.60. The Kier molecular flexibility index (Phi) is 6.72. The lowest BCUT2D eigenvalue weighted by atomic mass is 9.98. The molecular weight excluding hydrogens is 469 g/mol. The van der Waals surface area contributed by atoms with Crippen molar-refractivity contribution in [1.82, 2.24) is 24.9 Å². The highest BCUT2D eigenvalue weighted by Crippen LogP contribution is 2.24. The van der Waals surface area contributed by atoms with Gasteiger partial charge in [0.1, 0.15) is 11.5 Å². The zero-order chi connectivity index (χ0) is 25.8. The molecule has 37 heavy (non-hydrogen) atoms. The molecule has 3 aromatic carbocycles. The van der Waals surface area contributed by atoms with Crippen LogP contribution in [0, 0.1) is 12.7 Å². The predicted octanol–water partition coefficient (Wildman–Crippen LogP) is 4.52. The van der Waals surface area contributed by atoms with Gasteiger partial charge in [-0.15, -0.1) is 0 Å². The van der Waals surface area contributed by atoms with Gasteiger partial charge >= 0.3 is 0 Å². The fourth-order valence-corrected chi connectivity index (χ4v) is 4.16. The number of carbonyl (C=O) groups is 1. The van der Waals surface area contributed by atoms with Crippen molar-refractivity contribution in [2.75, 3.05) is 0 Å². The molecule has 1 amide bonds. The largest absolute Gasteiger partial charge is 0.346 e. The zero-order valence-electron chi connectivity index (χ0n) is 20.1. The van der Waals surface area contributed by atoms with Crippen LogP contribution >= 0.6 is 0 Å². The van der Waals surface area contributed by atoms with Crippen molar-refractivity contribution < 1.29 is 9.18 Å². The van der Waals surface area contributed by atoms with Crippen LogP contribution < -0.4 is 10.7 Å². The van der Waals surface area contributed by atoms with E-state index in [9.17, 15) is 14.0 Å². The maximum Gasteiger partial charge on any atom is 0.276 e. The van der Waals surface area contributed by atoms with E-state index in [0.717, 1.165) is 22.3 Å². The first-order chi connectivity index (χ1) is 18.0. The van der Waals surface area contributed by atoms with Crippen LogP contribution in [0.25, 0.3) is 16.8 Å². The molecule has 8 heteroatoms. The Balaban J connectivity index is 1.35. The maximum absolute atomic E-state index is 14.3. The number of aryl methyl sites for hydroxylation is 1. The third kappa shape index (κ3) is 5.23. The molecule has 0 aliphatic carbocycles. The molecule has 2 heterocycles. The Morgan fingerprint density at radius 3 is 2.49 bits per heavy atom. The average Bonchev–Trinajstić information content (AvgIpc) is 3.42. The van der Waals surface area contributed by atoms with Gasteiger partial charge in [-0.05, 0) is 47.4 Å². The van der Waals surface area contributed by atoms with Crippen LogP contribution in [0.1, 0.15) is 27.3 Å². The molecule has 1 N–H and O–H groups in total. The monoisotopic (exact) mass is 493 g/mol. The van der Waals surface area contributed by atoms with Crippen molar-refractivity contribution in [3.8, 4) is 16.8 Å². The molecule has 0 unspecified atom stereocenters. The van der Waals surface area contributed by atoms with Crippen LogP contribution in [0.3, 0.4) is 0 Å². The summed E-state index contributed by atoms with van der Waals surface area (Å²) in [6.45, 7) is 2.51. The molecule has 0 atom stereocenters. The number of nitrogens with zero attached hydrogens (tertiary/aromatic N) is 4. The fourth-order valence-electron chi connectivity index (χ4n) is 4.16. The Bertz CT molecular complexity index is 1610. The molecule has 0 saturated heterocycles. The number of hydrogen-bond donors (Lipinski definition) is 1. The Morgan fingerprint density at radius 2 is 1.73 bits per heavy atom. The minimum absolute atomic E-state index is 0.162. The molecule has 0 bridgehead atoms. The second kappa shape index (κ2) is 10.4. The number of rotatable bonds is 7. The summed E-state index contributed by atoms with van der Waals surface area (Å²) in [6, 6.07) is 25.2. The van der Waals surface area contributed by atoms with Crippen molar-refractivity contribution in [2.24, 2.45) is 0 Å². The molecule has 0 radical (unpaired) electrons. The molecule has 0 aliphatic rings. The van der Waals surface area contributed by atoms with Gasteiger partial charge in [0, 0.05) is 30.7 Å². The summed E-state index contributed by atoms with van der Waals surface area (Å²) in [6.07, 6.45) is 3.67. The molecule has 2 aromatic heterocycles. The van der Waals surface area contributed by atoms with Crippen LogP contribution in [0.2, 0.25) is 0 Å². The first-order valence-electron chi connectivity index (χ1n) is 11.8. The average molecular weight is 494 g/mol. The quantitative estimate of drug-likeness (QED) is 0.361. The van der Waals surface area contributed by atoms with Gasteiger partial charge < -0.3 is 5.32 Å². The maximum atomic E-state index is 14.3. The van der Waals surface area contributed by atoms with E-state index in [1.165, 1.54) is 22.9 Å². The Morgan fingerprint density at radius 1 is 0.973 bits per heavy atom. The van der Waals surface area contributed by atoms with Crippen molar-refractivity contribution in [1.29, 1.82) is 0 Å². The summed E-state index contributed by atoms with van der Waals surface area (Å²) in [5.74, 6) is -1.13. The molecule has 0 saturated carbocycles. The lowest BCUT2D eigenvalue weighted by Crippen LogP contribution is -2.32. The molecule has 7 nitrogen and oxygen atoms in total. The number of hydrogen-bond acceptors (Lipinski definition) is 4. The number of carbonyl (C=O) groups excluding carboxylic acids is 1. The van der Waals surface area contributed by atoms with Gasteiger partial charge in [0.05, 0.1) is 6.54 Å². The van der Waals surface area contributed by atoms with Crippen LogP contribution in [0.15, 0.2) is 102 Å². The van der Waals surface area contributed by atoms with E-state index in [2.05, 4.69) is 15.5 Å². The van der Waals surface area contributed by atoms with E-state index < -0.39 is 17.2 Å². The Labute approximate surface area is 212 Å². The van der Waals surface area contributed by atoms with Gasteiger partial charge in [-0.2, -0.15) is 10.2 Å². The van der Waals surface area contributed by atoms with E-state index in [1.807, 2.05) is 65.5 Å². The summed E-state index contributed by atoms with van der Waals surface area (Å²) in [7, 11) is 0. The third-order valence-electron chi connectivity index (χ3n) is 6.03. The molecule has 0 fully saturated rings. The Hall–Kier alpha value is -4.85. The first kappa shape index (κ1) is 23.9. The smallest absolute Gasteiger partial charge is 0.276 e. The van der Waals surface area contributed by atoms with Crippen molar-refractivity contribution in [2.45, 2.75) is 20.0 Å². The molecular formula is C29H24FN5O2. The number of nitrogens with one attached hydrogen (secondary N) is 1. The summed E-state index contributed by atoms with van der Waals surface area (Å²) < 4.78 is 17.5. The summed E-state index contributed by atoms with van der Waals surface area (Å²) >= 11 is 0. The number of aromatic nitrogens is 4. The minimum atomic E-state index is -0.625. The third-order valence-corrected chi connectivity index (χ3v) is 6.03. The number of para-hydroxylation sites is 1. The van der Waals surface area contributed by atoms with Gasteiger partial charge in [0.15, 0.2) is 5.69 Å². The predicted molar refractivity (Wildman–Crippen MR) is 139 cm³/mol. The van der Waals surface area contributed by atoms with Crippen LogP contribution in [0.5, 0.6) is 0 Å². The summed E-state index contributed by atoms with van der Waals surface area (Å²) in [5.41, 5.74) is 3.74. The number of benzene rings is 3. The molecule has 0 aliphatic heterocycles. The van der Waals surface area contributed by atoms with Crippen molar-refractivity contribution in [3.05, 3.63) is 136 Å². The van der Waals surface area contributed by atoms with E-state index >= 15 is 0 Å². The zero-order valence-corrected chi connectivity index (χ0v) is 20.1. The van der Waals surface area contributed by atoms with Crippen LogP contribution in [0.4, 0.5) is 4.39 Å². The van der Waals surface area contributed by atoms with Crippen molar-refractivity contribution in [3.63, 3.8) is 0 Å². The molecule has 5 rings (SSSR count). The highest BCUT2D eigenvalue weighted by molar-refractivity contribution is 5.92. The topological polar surface area (TPSA) is 81.8 Å². The number of halogens is 1. The van der Waals surface area contributed by atoms with E-state index in [-0.39, 0.29) is 17.9 Å². The molecule has 184 valence electrons. The van der Waals surface area contributed by atoms with Gasteiger partial charge in [-0.3, -0.25) is 14.3 Å². The minimum Gasteiger partial charge on any atom is -0.346 e. The van der Waals surface area contributed by atoms with Gasteiger partial charge in [0.25, 0.3) is 5.91 Å². The van der Waals surface area contributed by atoms with Crippen LogP contribution in [-0.4, -0.2) is 25.5 Å². The number of amides is 1. The summed E-state index contributed by atoms with van der Waals surface area (Å²) in [5, 5.41) is 11.2. The highest BCUT2D eigenvalue weighted by Gasteiger charge is 2.17. The van der Waals surface area contributed by atoms with E-state index in [4.69, 9.17) is 0 Å². The second-order valence-electron chi connectivity index (χ2n) is 8.60. The van der Waals surface area contributed by atoms with Crippen LogP contribution in [-0.2, 0) is 13.1 Å². The fraction of sp³-hybridized carbons (Fsp3) is 0.103. The highest BCUT2D eigenvalue weighted by atomic mass is 19.1. The summed E-state index contributed by atoms with van der Waals surface area (Å²) in [4.78, 5) is 25.5. The van der Waals surface area contributed by atoms with Gasteiger partial charge in [-0.1, -0.05) is 60.7 Å². The SMILES string of the molecule is Cc1cc(=O)c(C(=O)NCc2ccccc2-c2ccc(Cn3cccn3)cc2)nn1-c1ccccc1F. The van der Waals surface area contributed by atoms with Gasteiger partial charge in [0.2, 0.25) is 5.43 Å². The standard InChI is InChI=1S/C29H24FN5O2/c1-20-17-27(36)28(33-35(20)26-10-5-4-9-25(26)30)29(37)31-18-23-7-2-3-8-24(23)22-13-11-21(12-14-22)19-34-16-6-15-32-34/h2-17H,18-19H2,1H3,(H,31,37). The van der Waals surface area contributed by atoms with Gasteiger partial charge in [-0.25, -0.2) is 9.07 Å². The van der Waals surface area contributed by atoms with E-state index in [0.29, 0.717) is 12.2 Å². The molecule has 5 aromatic rings. The lowest BCUT2D eigenvalue weighted by Gasteiger charge is -2.13. The normalized spacial score (nSPS) is 10.9. The molecule has 0 spiro atoms. The first-order valence-corrected chi connectivity index (χ1v) is 11.8. The van der Waals surface area contributed by atoms with E-state index in [1.54, 1.807) is 25.3 Å². The lowest BCUT2D eigenvalue weighted by molar-refractivity contribution is 0.0943. The van der Waals surface area contributed by atoms with Crippen molar-refractivity contribution >= 4 is 5.91 Å².